The quantitative estimate of drug-likeness (QED) is 0.304. The molecular weight excluding hydrogens is 180 g/mol. The van der Waals surface area contributed by atoms with Crippen LogP contribution in [0.4, 0.5) is 0 Å². The van der Waals surface area contributed by atoms with Gasteiger partial charge in [-0.3, -0.25) is 0 Å². The lowest BCUT2D eigenvalue weighted by Crippen LogP contribution is -1.80. The van der Waals surface area contributed by atoms with Gasteiger partial charge in [-0.05, 0) is 32.1 Å². The zero-order valence-electron chi connectivity index (χ0n) is 10.5. The van der Waals surface area contributed by atoms with Gasteiger partial charge >= 0.3 is 0 Å². The highest BCUT2D eigenvalue weighted by atomic mass is 14.0. The molecule has 0 aliphatic heterocycles. The van der Waals surface area contributed by atoms with Crippen LogP contribution in [0.15, 0.2) is 24.8 Å². The Morgan fingerprint density at radius 3 is 1.80 bits per heavy atom. The Labute approximate surface area is 96.5 Å². The summed E-state index contributed by atoms with van der Waals surface area (Å²) in [5.41, 5.74) is 0. The second-order valence-corrected chi connectivity index (χ2v) is 4.22. The molecule has 88 valence electrons. The van der Waals surface area contributed by atoms with Crippen molar-refractivity contribution in [3.63, 3.8) is 0 Å². The first-order valence-corrected chi connectivity index (χ1v) is 6.67. The van der Waals surface area contributed by atoms with Crippen molar-refractivity contribution in [3.8, 4) is 0 Å². The second kappa shape index (κ2) is 13.5. The van der Waals surface area contributed by atoms with Gasteiger partial charge in [-0.1, -0.05) is 57.3 Å². The van der Waals surface area contributed by atoms with Crippen LogP contribution < -0.4 is 0 Å². The van der Waals surface area contributed by atoms with Crippen LogP contribution in [0.3, 0.4) is 0 Å². The Hall–Kier alpha value is -0.520. The number of hydrogen-bond donors (Lipinski definition) is 0. The molecule has 0 fully saturated rings. The van der Waals surface area contributed by atoms with Crippen molar-refractivity contribution < 1.29 is 0 Å². The zero-order valence-corrected chi connectivity index (χ0v) is 10.5. The highest BCUT2D eigenvalue weighted by molar-refractivity contribution is 4.79. The third-order valence-corrected chi connectivity index (χ3v) is 2.68. The molecule has 0 spiro atoms. The van der Waals surface area contributed by atoms with E-state index in [9.17, 15) is 0 Å². The van der Waals surface area contributed by atoms with Crippen LogP contribution >= 0.6 is 0 Å². The minimum atomic E-state index is 1.18. The third kappa shape index (κ3) is 13.5. The Balaban J connectivity index is 2.92. The first-order valence-electron chi connectivity index (χ1n) is 6.67. The van der Waals surface area contributed by atoms with Gasteiger partial charge in [0.25, 0.3) is 0 Å². The van der Waals surface area contributed by atoms with Crippen molar-refractivity contribution in [2.24, 2.45) is 0 Å². The van der Waals surface area contributed by atoms with Crippen molar-refractivity contribution in [2.75, 3.05) is 0 Å². The van der Waals surface area contributed by atoms with E-state index in [0.29, 0.717) is 0 Å². The van der Waals surface area contributed by atoms with Crippen molar-refractivity contribution in [1.29, 1.82) is 0 Å². The van der Waals surface area contributed by atoms with E-state index >= 15 is 0 Å². The van der Waals surface area contributed by atoms with Gasteiger partial charge in [0.1, 0.15) is 0 Å². The molecule has 0 heteroatoms. The Kier molecular flexibility index (Phi) is 13.0. The van der Waals surface area contributed by atoms with Gasteiger partial charge in [-0.15, -0.1) is 6.58 Å². The molecule has 0 aromatic heterocycles. The van der Waals surface area contributed by atoms with Gasteiger partial charge in [0, 0.05) is 0 Å². The summed E-state index contributed by atoms with van der Waals surface area (Å²) in [5, 5.41) is 0. The topological polar surface area (TPSA) is 0 Å². The highest BCUT2D eigenvalue weighted by Crippen LogP contribution is 2.09. The first kappa shape index (κ1) is 14.5. The molecule has 0 saturated heterocycles. The molecule has 0 aliphatic rings. The van der Waals surface area contributed by atoms with Crippen LogP contribution in [-0.4, -0.2) is 0 Å². The maximum Gasteiger partial charge on any atom is -0.0351 e. The van der Waals surface area contributed by atoms with E-state index in [1.807, 2.05) is 6.08 Å². The summed E-state index contributed by atoms with van der Waals surface area (Å²) in [5.74, 6) is 0. The van der Waals surface area contributed by atoms with Gasteiger partial charge in [0.2, 0.25) is 0 Å². The van der Waals surface area contributed by atoms with Crippen LogP contribution in [0.25, 0.3) is 0 Å². The zero-order chi connectivity index (χ0) is 11.2. The fourth-order valence-corrected chi connectivity index (χ4v) is 1.72. The standard InChI is InChI=1S/C15H28/c1-3-5-7-9-11-13-15-14-12-10-8-6-4-2/h3,6,8H,1,4-5,7,9-15H2,2H3. The molecule has 0 aliphatic carbocycles. The molecule has 0 unspecified atom stereocenters. The summed E-state index contributed by atoms with van der Waals surface area (Å²) in [6.07, 6.45) is 20.1. The van der Waals surface area contributed by atoms with Crippen LogP contribution in [0, 0.1) is 0 Å². The third-order valence-electron chi connectivity index (χ3n) is 2.68. The molecule has 0 saturated carbocycles. The molecule has 0 nitrogen and oxygen atoms in total. The van der Waals surface area contributed by atoms with E-state index in [4.69, 9.17) is 0 Å². The van der Waals surface area contributed by atoms with Gasteiger partial charge in [0.05, 0.1) is 0 Å². The molecule has 15 heavy (non-hydrogen) atoms. The van der Waals surface area contributed by atoms with Gasteiger partial charge in [-0.25, -0.2) is 0 Å². The number of hydrogen-bond acceptors (Lipinski definition) is 0. The molecule has 0 bridgehead atoms. The number of allylic oxidation sites excluding steroid dienone is 3. The van der Waals surface area contributed by atoms with E-state index < -0.39 is 0 Å². The van der Waals surface area contributed by atoms with Gasteiger partial charge < -0.3 is 0 Å². The van der Waals surface area contributed by atoms with Gasteiger partial charge in [0.15, 0.2) is 0 Å². The van der Waals surface area contributed by atoms with E-state index in [1.165, 1.54) is 64.2 Å². The van der Waals surface area contributed by atoms with Crippen molar-refractivity contribution >= 4 is 0 Å². The van der Waals surface area contributed by atoms with Crippen LogP contribution in [-0.2, 0) is 0 Å². The molecule has 0 N–H and O–H groups in total. The lowest BCUT2D eigenvalue weighted by molar-refractivity contribution is 0.583. The van der Waals surface area contributed by atoms with Crippen molar-refractivity contribution in [3.05, 3.63) is 24.8 Å². The first-order chi connectivity index (χ1) is 7.41. The predicted molar refractivity (Wildman–Crippen MR) is 71.2 cm³/mol. The highest BCUT2D eigenvalue weighted by Gasteiger charge is 1.90. The van der Waals surface area contributed by atoms with E-state index in [1.54, 1.807) is 0 Å². The van der Waals surface area contributed by atoms with Gasteiger partial charge in [-0.2, -0.15) is 0 Å². The Morgan fingerprint density at radius 1 is 0.733 bits per heavy atom. The molecule has 0 atom stereocenters. The second-order valence-electron chi connectivity index (χ2n) is 4.22. The van der Waals surface area contributed by atoms with Crippen molar-refractivity contribution in [1.82, 2.24) is 0 Å². The molecular formula is C15H28. The van der Waals surface area contributed by atoms with Crippen molar-refractivity contribution in [2.45, 2.75) is 71.1 Å². The van der Waals surface area contributed by atoms with E-state index in [-0.39, 0.29) is 0 Å². The fraction of sp³-hybridized carbons (Fsp3) is 0.733. The number of rotatable bonds is 11. The minimum absolute atomic E-state index is 1.18. The largest absolute Gasteiger partial charge is 0.103 e. The summed E-state index contributed by atoms with van der Waals surface area (Å²) in [7, 11) is 0. The summed E-state index contributed by atoms with van der Waals surface area (Å²) in [6, 6.07) is 0. The summed E-state index contributed by atoms with van der Waals surface area (Å²) in [4.78, 5) is 0. The van der Waals surface area contributed by atoms with Crippen LogP contribution in [0.2, 0.25) is 0 Å². The smallest absolute Gasteiger partial charge is 0.0351 e. The molecule has 0 rings (SSSR count). The summed E-state index contributed by atoms with van der Waals surface area (Å²) >= 11 is 0. The Bertz CT molecular complexity index is 144. The van der Waals surface area contributed by atoms with E-state index in [0.717, 1.165) is 0 Å². The minimum Gasteiger partial charge on any atom is -0.103 e. The summed E-state index contributed by atoms with van der Waals surface area (Å²) in [6.45, 7) is 5.93. The Morgan fingerprint density at radius 2 is 1.27 bits per heavy atom. The van der Waals surface area contributed by atoms with Crippen LogP contribution in [0.5, 0.6) is 0 Å². The fourth-order valence-electron chi connectivity index (χ4n) is 1.72. The molecule has 0 radical (unpaired) electrons. The molecule has 0 aromatic rings. The SMILES string of the molecule is C=CCCCCCCCCCC=CCC. The average molecular weight is 208 g/mol. The summed E-state index contributed by atoms with van der Waals surface area (Å²) < 4.78 is 0. The average Bonchev–Trinajstić information content (AvgIpc) is 2.26. The maximum absolute atomic E-state index is 3.74. The lowest BCUT2D eigenvalue weighted by atomic mass is 10.1. The maximum atomic E-state index is 3.74. The van der Waals surface area contributed by atoms with E-state index in [2.05, 4.69) is 25.7 Å². The lowest BCUT2D eigenvalue weighted by Gasteiger charge is -1.99. The molecule has 0 amide bonds. The predicted octanol–water partition coefficient (Wildman–Crippen LogP) is 5.65. The normalized spacial score (nSPS) is 11.0. The molecule has 0 heterocycles. The molecule has 0 aromatic carbocycles. The monoisotopic (exact) mass is 208 g/mol. The van der Waals surface area contributed by atoms with Crippen LogP contribution in [0.1, 0.15) is 71.1 Å². The number of unbranched alkanes of at least 4 members (excludes halogenated alkanes) is 8.